The first-order valence-corrected chi connectivity index (χ1v) is 11.1. The molecule has 1 saturated heterocycles. The van der Waals surface area contributed by atoms with Crippen molar-refractivity contribution >= 4 is 29.9 Å². The second-order valence-electron chi connectivity index (χ2n) is 7.51. The number of nitrogens with one attached hydrogen (secondary N) is 2. The number of nitrogens with zero attached hydrogens (tertiary/aromatic N) is 2. The van der Waals surface area contributed by atoms with E-state index in [0.717, 1.165) is 48.8 Å². The molecule has 8 heteroatoms. The van der Waals surface area contributed by atoms with Crippen LogP contribution in [-0.2, 0) is 17.8 Å². The molecular formula is C24H35IN4O3. The molecule has 2 heterocycles. The van der Waals surface area contributed by atoms with E-state index >= 15 is 0 Å². The molecule has 2 N–H and O–H groups in total. The van der Waals surface area contributed by atoms with Crippen molar-refractivity contribution in [3.63, 3.8) is 0 Å². The smallest absolute Gasteiger partial charge is 0.218 e. The molecule has 32 heavy (non-hydrogen) atoms. The lowest BCUT2D eigenvalue weighted by Crippen LogP contribution is -2.37. The predicted octanol–water partition coefficient (Wildman–Crippen LogP) is 4.22. The maximum Gasteiger partial charge on any atom is 0.218 e. The summed E-state index contributed by atoms with van der Waals surface area (Å²) in [5.41, 5.74) is 3.22. The number of ether oxygens (including phenoxy) is 3. The van der Waals surface area contributed by atoms with Crippen LogP contribution in [0.2, 0.25) is 0 Å². The number of hydrogen-bond donors (Lipinski definition) is 2. The van der Waals surface area contributed by atoms with Crippen molar-refractivity contribution in [2.45, 2.75) is 52.8 Å². The summed E-state index contributed by atoms with van der Waals surface area (Å²) < 4.78 is 17.4. The van der Waals surface area contributed by atoms with Gasteiger partial charge in [0.05, 0.1) is 19.3 Å². The van der Waals surface area contributed by atoms with Gasteiger partial charge in [-0.3, -0.25) is 0 Å². The number of hydrogen-bond acceptors (Lipinski definition) is 5. The third-order valence-corrected chi connectivity index (χ3v) is 5.00. The number of aromatic nitrogens is 1. The zero-order valence-corrected chi connectivity index (χ0v) is 21.6. The third kappa shape index (κ3) is 8.12. The lowest BCUT2D eigenvalue weighted by molar-refractivity contribution is 0.0676. The summed E-state index contributed by atoms with van der Waals surface area (Å²) in [6.45, 7) is 9.94. The van der Waals surface area contributed by atoms with Gasteiger partial charge >= 0.3 is 0 Å². The Morgan fingerprint density at radius 3 is 2.81 bits per heavy atom. The Balaban J connectivity index is 0.00000363. The Bertz CT molecular complexity index is 857. The summed E-state index contributed by atoms with van der Waals surface area (Å²) in [6.07, 6.45) is 4.10. The quantitative estimate of drug-likeness (QED) is 0.260. The largest absolute Gasteiger partial charge is 0.491 e. The molecule has 1 aliphatic rings. The molecule has 2 aromatic rings. The Morgan fingerprint density at radius 1 is 1.19 bits per heavy atom. The van der Waals surface area contributed by atoms with E-state index in [1.54, 1.807) is 6.20 Å². The van der Waals surface area contributed by atoms with Gasteiger partial charge in [-0.2, -0.15) is 0 Å². The lowest BCUT2D eigenvalue weighted by atomic mass is 10.1. The van der Waals surface area contributed by atoms with Gasteiger partial charge in [-0.1, -0.05) is 18.2 Å². The monoisotopic (exact) mass is 554 g/mol. The molecule has 1 aliphatic heterocycles. The minimum atomic E-state index is 0. The molecule has 1 aromatic heterocycles. The number of benzene rings is 1. The fourth-order valence-electron chi connectivity index (χ4n) is 3.40. The fraction of sp³-hybridized carbons (Fsp3) is 0.500. The van der Waals surface area contributed by atoms with Crippen LogP contribution in [0.5, 0.6) is 11.6 Å². The first-order chi connectivity index (χ1) is 15.2. The Morgan fingerprint density at radius 2 is 2.06 bits per heavy atom. The molecule has 1 fully saturated rings. The van der Waals surface area contributed by atoms with Crippen LogP contribution in [0.4, 0.5) is 0 Å². The summed E-state index contributed by atoms with van der Waals surface area (Å²) in [4.78, 5) is 9.01. The van der Waals surface area contributed by atoms with Crippen molar-refractivity contribution in [1.82, 2.24) is 15.6 Å². The molecule has 7 nitrogen and oxygen atoms in total. The number of rotatable bonds is 10. The SMILES string of the molecule is CCNC(=NCc1cccnc1OCC)NCc1ccc(C)cc1OCC1CCCO1.I. The molecule has 0 saturated carbocycles. The van der Waals surface area contributed by atoms with Crippen LogP contribution in [0.1, 0.15) is 43.4 Å². The van der Waals surface area contributed by atoms with Crippen LogP contribution in [0.3, 0.4) is 0 Å². The maximum atomic E-state index is 6.12. The highest BCUT2D eigenvalue weighted by molar-refractivity contribution is 14.0. The zero-order valence-electron chi connectivity index (χ0n) is 19.2. The van der Waals surface area contributed by atoms with E-state index in [-0.39, 0.29) is 30.1 Å². The number of pyridine rings is 1. The summed E-state index contributed by atoms with van der Waals surface area (Å²) in [6, 6.07) is 10.2. The predicted molar refractivity (Wildman–Crippen MR) is 138 cm³/mol. The molecule has 0 aliphatic carbocycles. The van der Waals surface area contributed by atoms with E-state index in [1.807, 2.05) is 19.1 Å². The lowest BCUT2D eigenvalue weighted by Gasteiger charge is -2.17. The van der Waals surface area contributed by atoms with Crippen LogP contribution >= 0.6 is 24.0 Å². The molecule has 0 radical (unpaired) electrons. The second kappa shape index (κ2) is 14.2. The Labute approximate surface area is 208 Å². The van der Waals surface area contributed by atoms with E-state index in [0.29, 0.717) is 32.2 Å². The van der Waals surface area contributed by atoms with Gasteiger partial charge in [0.25, 0.3) is 0 Å². The molecular weight excluding hydrogens is 519 g/mol. The number of aliphatic imine (C=N–C) groups is 1. The van der Waals surface area contributed by atoms with Gasteiger partial charge in [0.15, 0.2) is 5.96 Å². The topological polar surface area (TPSA) is 77.0 Å². The van der Waals surface area contributed by atoms with Crippen molar-refractivity contribution in [2.24, 2.45) is 4.99 Å². The summed E-state index contributed by atoms with van der Waals surface area (Å²) >= 11 is 0. The maximum absolute atomic E-state index is 6.12. The minimum absolute atomic E-state index is 0. The number of guanidine groups is 1. The molecule has 3 rings (SSSR count). The van der Waals surface area contributed by atoms with Crippen molar-refractivity contribution in [1.29, 1.82) is 0 Å². The van der Waals surface area contributed by atoms with Crippen molar-refractivity contribution in [3.8, 4) is 11.6 Å². The highest BCUT2D eigenvalue weighted by atomic mass is 127. The molecule has 1 atom stereocenters. The van der Waals surface area contributed by atoms with Crippen LogP contribution < -0.4 is 20.1 Å². The molecule has 0 bridgehead atoms. The Kier molecular flexibility index (Phi) is 11.6. The third-order valence-electron chi connectivity index (χ3n) is 5.00. The second-order valence-corrected chi connectivity index (χ2v) is 7.51. The molecule has 176 valence electrons. The molecule has 0 spiro atoms. The minimum Gasteiger partial charge on any atom is -0.491 e. The number of halogens is 1. The van der Waals surface area contributed by atoms with Gasteiger partial charge in [-0.25, -0.2) is 9.98 Å². The van der Waals surface area contributed by atoms with E-state index in [2.05, 4.69) is 47.7 Å². The summed E-state index contributed by atoms with van der Waals surface area (Å²) in [7, 11) is 0. The van der Waals surface area contributed by atoms with Crippen molar-refractivity contribution in [2.75, 3.05) is 26.4 Å². The van der Waals surface area contributed by atoms with Crippen LogP contribution in [0.25, 0.3) is 0 Å². The zero-order chi connectivity index (χ0) is 21.9. The Hall–Kier alpha value is -2.07. The molecule has 1 aromatic carbocycles. The van der Waals surface area contributed by atoms with E-state index < -0.39 is 0 Å². The fourth-order valence-corrected chi connectivity index (χ4v) is 3.40. The molecule has 1 unspecified atom stereocenters. The van der Waals surface area contributed by atoms with Gasteiger partial charge in [-0.05, 0) is 51.3 Å². The van der Waals surface area contributed by atoms with Gasteiger partial charge in [-0.15, -0.1) is 24.0 Å². The van der Waals surface area contributed by atoms with Crippen LogP contribution in [-0.4, -0.2) is 43.4 Å². The highest BCUT2D eigenvalue weighted by Gasteiger charge is 2.17. The number of aryl methyl sites for hydroxylation is 1. The van der Waals surface area contributed by atoms with Gasteiger partial charge in [0.2, 0.25) is 5.88 Å². The van der Waals surface area contributed by atoms with E-state index in [9.17, 15) is 0 Å². The standard InChI is InChI=1S/C24H34N4O3.HI/c1-4-25-24(28-16-20-8-6-12-26-23(20)29-5-2)27-15-19-11-10-18(3)14-22(19)31-17-21-9-7-13-30-21;/h6,8,10-12,14,21H,4-5,7,9,13,15-17H2,1-3H3,(H2,25,27,28);1H. The average molecular weight is 554 g/mol. The first kappa shape index (κ1) is 26.2. The van der Waals surface area contributed by atoms with E-state index in [4.69, 9.17) is 19.2 Å². The van der Waals surface area contributed by atoms with Crippen molar-refractivity contribution in [3.05, 3.63) is 53.2 Å². The van der Waals surface area contributed by atoms with Crippen LogP contribution in [0.15, 0.2) is 41.5 Å². The van der Waals surface area contributed by atoms with Crippen LogP contribution in [0, 0.1) is 6.92 Å². The van der Waals surface area contributed by atoms with Crippen molar-refractivity contribution < 1.29 is 14.2 Å². The molecule has 0 amide bonds. The van der Waals surface area contributed by atoms with Gasteiger partial charge < -0.3 is 24.8 Å². The van der Waals surface area contributed by atoms with E-state index in [1.165, 1.54) is 5.56 Å². The normalized spacial score (nSPS) is 15.7. The summed E-state index contributed by atoms with van der Waals surface area (Å²) in [5.74, 6) is 2.26. The van der Waals surface area contributed by atoms with Gasteiger partial charge in [0, 0.05) is 37.0 Å². The first-order valence-electron chi connectivity index (χ1n) is 11.1. The summed E-state index contributed by atoms with van der Waals surface area (Å²) in [5, 5.41) is 6.71. The van der Waals surface area contributed by atoms with Gasteiger partial charge in [0.1, 0.15) is 12.4 Å². The average Bonchev–Trinajstić information content (AvgIpc) is 3.30. The highest BCUT2D eigenvalue weighted by Crippen LogP contribution is 2.22.